The van der Waals surface area contributed by atoms with Gasteiger partial charge in [0.05, 0.1) is 16.7 Å². The summed E-state index contributed by atoms with van der Waals surface area (Å²) < 4.78 is 2.12. The minimum Gasteiger partial charge on any atom is -0.298 e. The molecule has 0 spiro atoms. The fourth-order valence-corrected chi connectivity index (χ4v) is 5.95. The van der Waals surface area contributed by atoms with E-state index in [4.69, 9.17) is 24.9 Å². The lowest BCUT2D eigenvalue weighted by Crippen LogP contribution is -2.00. The fraction of sp³-hybridized carbons (Fsp3) is 0. The number of benzene rings is 3. The minimum absolute atomic E-state index is 0.567. The summed E-state index contributed by atoms with van der Waals surface area (Å²) in [6, 6.07) is 38.7. The van der Waals surface area contributed by atoms with Gasteiger partial charge in [-0.05, 0) is 53.6 Å². The summed E-state index contributed by atoms with van der Waals surface area (Å²) in [7, 11) is 0. The van der Waals surface area contributed by atoms with Crippen LogP contribution in [-0.2, 0) is 0 Å². The van der Waals surface area contributed by atoms with Crippen molar-refractivity contribution in [1.82, 2.24) is 39.3 Å². The Balaban J connectivity index is 1.08. The van der Waals surface area contributed by atoms with Crippen LogP contribution in [0.1, 0.15) is 0 Å². The molecule has 220 valence electrons. The Labute approximate surface area is 269 Å². The number of pyridine rings is 4. The Bertz CT molecular complexity index is 2490. The van der Waals surface area contributed by atoms with Gasteiger partial charge in [0.2, 0.25) is 0 Å². The van der Waals surface area contributed by atoms with Crippen molar-refractivity contribution in [1.29, 1.82) is 0 Å². The number of aromatic nitrogens is 8. The van der Waals surface area contributed by atoms with Crippen LogP contribution in [0.15, 0.2) is 146 Å². The maximum atomic E-state index is 5.11. The predicted octanol–water partition coefficient (Wildman–Crippen LogP) is 8.35. The number of imidazole rings is 1. The molecule has 9 aromatic rings. The molecule has 9 rings (SSSR count). The van der Waals surface area contributed by atoms with E-state index in [1.807, 2.05) is 66.9 Å². The number of para-hydroxylation sites is 1. The van der Waals surface area contributed by atoms with Crippen LogP contribution in [0, 0.1) is 0 Å². The molecule has 8 nitrogen and oxygen atoms in total. The highest BCUT2D eigenvalue weighted by molar-refractivity contribution is 6.09. The van der Waals surface area contributed by atoms with Gasteiger partial charge in [0.25, 0.3) is 0 Å². The zero-order valence-electron chi connectivity index (χ0n) is 24.9. The molecule has 0 fully saturated rings. The maximum Gasteiger partial charge on any atom is 0.165 e. The van der Waals surface area contributed by atoms with Crippen LogP contribution in [0.25, 0.3) is 84.1 Å². The SMILES string of the molecule is c1cncc(-c2nc(-c3ccncc3)nc(-c3ccc(-c4ccc(-c5nc6ccccc6c6nc7ccccn7c56)cc4)cc3)n2)c1. The van der Waals surface area contributed by atoms with Crippen LogP contribution in [0.4, 0.5) is 0 Å². The van der Waals surface area contributed by atoms with E-state index < -0.39 is 0 Å². The van der Waals surface area contributed by atoms with E-state index in [-0.39, 0.29) is 0 Å². The van der Waals surface area contributed by atoms with Crippen molar-refractivity contribution >= 4 is 27.6 Å². The molecule has 0 aliphatic carbocycles. The third-order valence-corrected chi connectivity index (χ3v) is 8.27. The molecular weight excluding hydrogens is 580 g/mol. The van der Waals surface area contributed by atoms with Crippen molar-refractivity contribution < 1.29 is 0 Å². The third-order valence-electron chi connectivity index (χ3n) is 8.27. The van der Waals surface area contributed by atoms with Crippen molar-refractivity contribution in [3.05, 3.63) is 146 Å². The van der Waals surface area contributed by atoms with Gasteiger partial charge in [-0.1, -0.05) is 72.8 Å². The summed E-state index contributed by atoms with van der Waals surface area (Å²) in [5.74, 6) is 1.74. The average molecular weight is 605 g/mol. The van der Waals surface area contributed by atoms with E-state index in [0.717, 1.165) is 66.7 Å². The first-order valence-corrected chi connectivity index (χ1v) is 15.2. The highest BCUT2D eigenvalue weighted by Crippen LogP contribution is 2.34. The molecule has 0 unspecified atom stereocenters. The standard InChI is InChI=1S/C39H24N8/c1-2-8-32-31(7-1)35-36(47-23-4-3-9-33(47)43-35)34(42-32)27-14-10-25(11-15-27)26-12-16-28(17-13-26)37-44-38(29-18-21-40-22-19-29)46-39(45-37)30-6-5-20-41-24-30/h1-24H. The number of rotatable bonds is 5. The van der Waals surface area contributed by atoms with E-state index >= 15 is 0 Å². The van der Waals surface area contributed by atoms with Crippen LogP contribution in [0.3, 0.4) is 0 Å². The largest absolute Gasteiger partial charge is 0.298 e. The number of hydrogen-bond donors (Lipinski definition) is 0. The highest BCUT2D eigenvalue weighted by atomic mass is 15.0. The third kappa shape index (κ3) is 4.76. The maximum absolute atomic E-state index is 5.11. The smallest absolute Gasteiger partial charge is 0.165 e. The molecule has 0 aliphatic heterocycles. The summed E-state index contributed by atoms with van der Waals surface area (Å²) in [6.07, 6.45) is 9.01. The molecule has 0 saturated carbocycles. The lowest BCUT2D eigenvalue weighted by Gasteiger charge is -2.10. The van der Waals surface area contributed by atoms with Gasteiger partial charge in [-0.2, -0.15) is 0 Å². The van der Waals surface area contributed by atoms with Gasteiger partial charge in [-0.3, -0.25) is 14.4 Å². The minimum atomic E-state index is 0.567. The quantitative estimate of drug-likeness (QED) is 0.195. The zero-order valence-corrected chi connectivity index (χ0v) is 24.9. The number of hydrogen-bond acceptors (Lipinski definition) is 7. The van der Waals surface area contributed by atoms with Gasteiger partial charge in [0.15, 0.2) is 17.5 Å². The molecule has 0 saturated heterocycles. The number of fused-ring (bicyclic) bond motifs is 5. The molecule has 6 heterocycles. The average Bonchev–Trinajstić information content (AvgIpc) is 3.55. The van der Waals surface area contributed by atoms with Crippen molar-refractivity contribution in [3.8, 4) is 56.5 Å². The molecule has 0 N–H and O–H groups in total. The summed E-state index contributed by atoms with van der Waals surface area (Å²) in [6.45, 7) is 0. The monoisotopic (exact) mass is 604 g/mol. The lowest BCUT2D eigenvalue weighted by molar-refractivity contribution is 1.07. The Kier molecular flexibility index (Phi) is 6.28. The predicted molar refractivity (Wildman–Crippen MR) is 184 cm³/mol. The summed E-state index contributed by atoms with van der Waals surface area (Å²) in [4.78, 5) is 32.9. The molecule has 47 heavy (non-hydrogen) atoms. The van der Waals surface area contributed by atoms with E-state index in [1.165, 1.54) is 0 Å². The lowest BCUT2D eigenvalue weighted by atomic mass is 10.0. The van der Waals surface area contributed by atoms with Crippen LogP contribution < -0.4 is 0 Å². The fourth-order valence-electron chi connectivity index (χ4n) is 5.95. The van der Waals surface area contributed by atoms with Crippen molar-refractivity contribution in [3.63, 3.8) is 0 Å². The van der Waals surface area contributed by atoms with Gasteiger partial charge >= 0.3 is 0 Å². The van der Waals surface area contributed by atoms with Crippen molar-refractivity contribution in [2.45, 2.75) is 0 Å². The van der Waals surface area contributed by atoms with Gasteiger partial charge in [-0.15, -0.1) is 0 Å². The van der Waals surface area contributed by atoms with Crippen LogP contribution in [0.5, 0.6) is 0 Å². The first-order valence-electron chi connectivity index (χ1n) is 15.2. The second-order valence-electron chi connectivity index (χ2n) is 11.2. The summed E-state index contributed by atoms with van der Waals surface area (Å²) in [5.41, 5.74) is 10.5. The molecule has 0 atom stereocenters. The van der Waals surface area contributed by atoms with E-state index in [1.54, 1.807) is 24.8 Å². The normalized spacial score (nSPS) is 11.4. The number of nitrogens with zero attached hydrogens (tertiary/aromatic N) is 8. The van der Waals surface area contributed by atoms with Gasteiger partial charge < -0.3 is 0 Å². The van der Waals surface area contributed by atoms with Crippen molar-refractivity contribution in [2.75, 3.05) is 0 Å². The van der Waals surface area contributed by atoms with E-state index in [0.29, 0.717) is 17.5 Å². The first kappa shape index (κ1) is 26.7. The second kappa shape index (κ2) is 11.0. The molecule has 0 radical (unpaired) electrons. The molecule has 6 aromatic heterocycles. The Morgan fingerprint density at radius 1 is 0.426 bits per heavy atom. The van der Waals surface area contributed by atoms with Crippen LogP contribution >= 0.6 is 0 Å². The molecule has 0 aliphatic rings. The molecular formula is C39H24N8. The van der Waals surface area contributed by atoms with Crippen LogP contribution in [-0.4, -0.2) is 39.3 Å². The summed E-state index contributed by atoms with van der Waals surface area (Å²) in [5, 5.41) is 1.05. The van der Waals surface area contributed by atoms with Gasteiger partial charge in [-0.25, -0.2) is 24.9 Å². The van der Waals surface area contributed by atoms with E-state index in [2.05, 4.69) is 69.0 Å². The second-order valence-corrected chi connectivity index (χ2v) is 11.2. The highest BCUT2D eigenvalue weighted by Gasteiger charge is 2.17. The van der Waals surface area contributed by atoms with Gasteiger partial charge in [0.1, 0.15) is 11.2 Å². The van der Waals surface area contributed by atoms with E-state index in [9.17, 15) is 0 Å². The first-order chi connectivity index (χ1) is 23.3. The van der Waals surface area contributed by atoms with Gasteiger partial charge in [0, 0.05) is 58.6 Å². The molecule has 3 aromatic carbocycles. The molecule has 0 amide bonds. The van der Waals surface area contributed by atoms with Crippen LogP contribution in [0.2, 0.25) is 0 Å². The molecule has 0 bridgehead atoms. The Morgan fingerprint density at radius 2 is 1.06 bits per heavy atom. The topological polar surface area (TPSA) is 94.6 Å². The van der Waals surface area contributed by atoms with Crippen molar-refractivity contribution in [2.24, 2.45) is 0 Å². The molecule has 8 heteroatoms. The Morgan fingerprint density at radius 3 is 1.79 bits per heavy atom. The summed E-state index contributed by atoms with van der Waals surface area (Å²) >= 11 is 0. The zero-order chi connectivity index (χ0) is 31.2. The Hall–Kier alpha value is -6.67.